The third kappa shape index (κ3) is 8.03. The molecule has 1 heterocycles. The van der Waals surface area contributed by atoms with Crippen LogP contribution in [0.3, 0.4) is 0 Å². The maximum Gasteiger partial charge on any atom is 0.317 e. The molecule has 3 amide bonds. The molecule has 0 saturated heterocycles. The summed E-state index contributed by atoms with van der Waals surface area (Å²) in [5, 5.41) is 7.80. The van der Waals surface area contributed by atoms with Crippen molar-refractivity contribution < 1.29 is 14.0 Å². The summed E-state index contributed by atoms with van der Waals surface area (Å²) in [4.78, 5) is 28.1. The summed E-state index contributed by atoms with van der Waals surface area (Å²) in [6, 6.07) is 11.4. The van der Waals surface area contributed by atoms with Crippen molar-refractivity contribution in [2.45, 2.75) is 20.4 Å². The molecule has 3 aromatic rings. The summed E-state index contributed by atoms with van der Waals surface area (Å²) in [6.45, 7) is 4.47. The molecule has 7 nitrogen and oxygen atoms in total. The van der Waals surface area contributed by atoms with Crippen LogP contribution in [0.25, 0.3) is 10.8 Å². The van der Waals surface area contributed by atoms with Crippen molar-refractivity contribution in [3.63, 3.8) is 0 Å². The Hall–Kier alpha value is -3.39. The molecule has 0 aliphatic carbocycles. The van der Waals surface area contributed by atoms with E-state index >= 15 is 0 Å². The number of rotatable bonds is 5. The van der Waals surface area contributed by atoms with E-state index in [4.69, 9.17) is 17.3 Å². The number of nitrogens with one attached hydrogen (secondary N) is 2. The molecule has 0 aliphatic rings. The number of aryl methyl sites for hydroxylation is 1. The van der Waals surface area contributed by atoms with Gasteiger partial charge in [0.2, 0.25) is 5.91 Å². The standard InChI is InChI=1S/C13H19ClN4O2.C10H8FN/c1-9(19)16-5-6-18(2)13(20)17-8-10-7-11(15)3-4-12(10)14;1-7-4-9-5-10(11)3-2-8(9)6-12-7/h3-4,7H,5-6,8,15H2,1-2H3,(H,16,19)(H,17,20);2-6H,1H3. The van der Waals surface area contributed by atoms with E-state index in [9.17, 15) is 14.0 Å². The molecule has 32 heavy (non-hydrogen) atoms. The lowest BCUT2D eigenvalue weighted by Crippen LogP contribution is -2.41. The van der Waals surface area contributed by atoms with Gasteiger partial charge >= 0.3 is 6.03 Å². The Morgan fingerprint density at radius 2 is 1.88 bits per heavy atom. The van der Waals surface area contributed by atoms with Crippen molar-refractivity contribution in [1.82, 2.24) is 20.5 Å². The molecular weight excluding hydrogens is 433 g/mol. The zero-order valence-corrected chi connectivity index (χ0v) is 19.0. The van der Waals surface area contributed by atoms with E-state index in [1.165, 1.54) is 24.0 Å². The van der Waals surface area contributed by atoms with Crippen LogP contribution in [0.15, 0.2) is 48.7 Å². The Labute approximate surface area is 191 Å². The first kappa shape index (κ1) is 24.9. The minimum atomic E-state index is -0.242. The number of hydrogen-bond acceptors (Lipinski definition) is 4. The second-order valence-corrected chi connectivity index (χ2v) is 7.64. The SMILES string of the molecule is CC(=O)NCCN(C)C(=O)NCc1cc(N)ccc1Cl.Cc1cc2cc(F)ccc2cn1. The van der Waals surface area contributed by atoms with E-state index in [1.54, 1.807) is 37.5 Å². The van der Waals surface area contributed by atoms with Gasteiger partial charge in [-0.05, 0) is 60.3 Å². The number of hydrogen-bond donors (Lipinski definition) is 3. The second kappa shape index (κ2) is 11.9. The molecule has 0 bridgehead atoms. The third-order valence-corrected chi connectivity index (χ3v) is 4.86. The van der Waals surface area contributed by atoms with E-state index in [2.05, 4.69) is 15.6 Å². The summed E-state index contributed by atoms with van der Waals surface area (Å²) in [7, 11) is 1.65. The van der Waals surface area contributed by atoms with Crippen LogP contribution in [0.2, 0.25) is 5.02 Å². The molecule has 4 N–H and O–H groups in total. The van der Waals surface area contributed by atoms with Crippen LogP contribution in [0.5, 0.6) is 0 Å². The summed E-state index contributed by atoms with van der Waals surface area (Å²) in [5.74, 6) is -0.321. The molecule has 0 aliphatic heterocycles. The molecule has 9 heteroatoms. The molecular formula is C23H27ClFN5O2. The Morgan fingerprint density at radius 1 is 1.12 bits per heavy atom. The number of aromatic nitrogens is 1. The molecule has 0 radical (unpaired) electrons. The highest BCUT2D eigenvalue weighted by Crippen LogP contribution is 2.18. The minimum Gasteiger partial charge on any atom is -0.399 e. The number of nitrogens with zero attached hydrogens (tertiary/aromatic N) is 2. The number of nitrogens with two attached hydrogens (primary N) is 1. The predicted octanol–water partition coefficient (Wildman–Crippen LogP) is 3.88. The van der Waals surface area contributed by atoms with Gasteiger partial charge < -0.3 is 21.3 Å². The third-order valence-electron chi connectivity index (χ3n) is 4.49. The van der Waals surface area contributed by atoms with Crippen LogP contribution in [-0.4, -0.2) is 42.0 Å². The summed E-state index contributed by atoms with van der Waals surface area (Å²) in [5.41, 5.74) is 7.93. The highest BCUT2D eigenvalue weighted by molar-refractivity contribution is 6.31. The average Bonchev–Trinajstić information content (AvgIpc) is 2.74. The smallest absolute Gasteiger partial charge is 0.317 e. The predicted molar refractivity (Wildman–Crippen MR) is 126 cm³/mol. The molecule has 0 unspecified atom stereocenters. The fourth-order valence-electron chi connectivity index (χ4n) is 2.76. The zero-order chi connectivity index (χ0) is 23.7. The van der Waals surface area contributed by atoms with Crippen molar-refractivity contribution in [2.24, 2.45) is 0 Å². The van der Waals surface area contributed by atoms with Crippen LogP contribution >= 0.6 is 11.6 Å². The Morgan fingerprint density at radius 3 is 2.59 bits per heavy atom. The van der Waals surface area contributed by atoms with Gasteiger partial charge in [0.05, 0.1) is 0 Å². The van der Waals surface area contributed by atoms with Crippen molar-refractivity contribution in [1.29, 1.82) is 0 Å². The van der Waals surface area contributed by atoms with Gasteiger partial charge in [-0.25, -0.2) is 9.18 Å². The maximum absolute atomic E-state index is 12.7. The number of urea groups is 1. The van der Waals surface area contributed by atoms with Crippen molar-refractivity contribution in [3.8, 4) is 0 Å². The Balaban J connectivity index is 0.000000255. The lowest BCUT2D eigenvalue weighted by Gasteiger charge is -2.18. The fraction of sp³-hybridized carbons (Fsp3) is 0.261. The number of halogens is 2. The fourth-order valence-corrected chi connectivity index (χ4v) is 2.94. The maximum atomic E-state index is 12.7. The van der Waals surface area contributed by atoms with E-state index in [0.717, 1.165) is 22.0 Å². The van der Waals surface area contributed by atoms with E-state index in [-0.39, 0.29) is 17.8 Å². The number of benzene rings is 2. The van der Waals surface area contributed by atoms with Gasteiger partial charge in [0.15, 0.2) is 0 Å². The van der Waals surface area contributed by atoms with E-state index in [0.29, 0.717) is 30.3 Å². The van der Waals surface area contributed by atoms with E-state index in [1.807, 2.05) is 13.0 Å². The summed E-state index contributed by atoms with van der Waals surface area (Å²) >= 11 is 6.01. The van der Waals surface area contributed by atoms with Crippen molar-refractivity contribution in [3.05, 3.63) is 70.8 Å². The zero-order valence-electron chi connectivity index (χ0n) is 18.3. The van der Waals surface area contributed by atoms with Gasteiger partial charge in [-0.3, -0.25) is 9.78 Å². The molecule has 3 rings (SSSR count). The largest absolute Gasteiger partial charge is 0.399 e. The van der Waals surface area contributed by atoms with Gasteiger partial charge in [0.1, 0.15) is 5.82 Å². The number of pyridine rings is 1. The quantitative estimate of drug-likeness (QED) is 0.504. The lowest BCUT2D eigenvalue weighted by molar-refractivity contribution is -0.118. The van der Waals surface area contributed by atoms with Gasteiger partial charge in [-0.2, -0.15) is 0 Å². The first-order chi connectivity index (χ1) is 15.2. The van der Waals surface area contributed by atoms with Gasteiger partial charge in [0, 0.05) is 61.6 Å². The van der Waals surface area contributed by atoms with Crippen LogP contribution < -0.4 is 16.4 Å². The molecule has 0 fully saturated rings. The number of nitrogen functional groups attached to an aromatic ring is 1. The topological polar surface area (TPSA) is 100 Å². The summed E-state index contributed by atoms with van der Waals surface area (Å²) in [6.07, 6.45) is 1.75. The average molecular weight is 460 g/mol. The molecule has 0 spiro atoms. The van der Waals surface area contributed by atoms with Crippen molar-refractivity contribution >= 4 is 40.0 Å². The number of anilines is 1. The first-order valence-corrected chi connectivity index (χ1v) is 10.3. The normalized spacial score (nSPS) is 10.2. The Bertz CT molecular complexity index is 1060. The molecule has 1 aromatic heterocycles. The highest BCUT2D eigenvalue weighted by Gasteiger charge is 2.09. The highest BCUT2D eigenvalue weighted by atomic mass is 35.5. The second-order valence-electron chi connectivity index (χ2n) is 7.23. The monoisotopic (exact) mass is 459 g/mol. The number of amides is 3. The van der Waals surface area contributed by atoms with Crippen LogP contribution in [0.4, 0.5) is 14.9 Å². The molecule has 2 aromatic carbocycles. The van der Waals surface area contributed by atoms with Gasteiger partial charge in [-0.1, -0.05) is 11.6 Å². The van der Waals surface area contributed by atoms with Crippen LogP contribution in [-0.2, 0) is 11.3 Å². The van der Waals surface area contributed by atoms with Crippen LogP contribution in [0, 0.1) is 12.7 Å². The molecule has 0 saturated carbocycles. The number of fused-ring (bicyclic) bond motifs is 1. The number of carbonyl (C=O) groups excluding carboxylic acids is 2. The Kier molecular flexibility index (Phi) is 9.22. The van der Waals surface area contributed by atoms with Gasteiger partial charge in [-0.15, -0.1) is 0 Å². The molecule has 0 atom stereocenters. The van der Waals surface area contributed by atoms with Crippen LogP contribution in [0.1, 0.15) is 18.2 Å². The minimum absolute atomic E-state index is 0.120. The first-order valence-electron chi connectivity index (χ1n) is 9.95. The van der Waals surface area contributed by atoms with Gasteiger partial charge in [0.25, 0.3) is 0 Å². The molecule has 170 valence electrons. The van der Waals surface area contributed by atoms with E-state index < -0.39 is 0 Å². The lowest BCUT2D eigenvalue weighted by atomic mass is 10.1. The number of likely N-dealkylation sites (N-methyl/N-ethyl adjacent to an activating group) is 1. The summed E-state index contributed by atoms with van der Waals surface area (Å²) < 4.78 is 12.7. The number of carbonyl (C=O) groups is 2. The van der Waals surface area contributed by atoms with Crippen molar-refractivity contribution in [2.75, 3.05) is 25.9 Å².